The lowest BCUT2D eigenvalue weighted by Gasteiger charge is -2.31. The fraction of sp³-hybridized carbons (Fsp3) is 0.353. The van der Waals surface area contributed by atoms with Gasteiger partial charge in [0.15, 0.2) is 15.6 Å². The van der Waals surface area contributed by atoms with Crippen molar-refractivity contribution < 1.29 is 17.6 Å². The van der Waals surface area contributed by atoms with Crippen molar-refractivity contribution in [1.29, 1.82) is 0 Å². The number of benzene rings is 1. The molecule has 0 radical (unpaired) electrons. The fourth-order valence-electron chi connectivity index (χ4n) is 2.89. The van der Waals surface area contributed by atoms with Crippen LogP contribution in [0.15, 0.2) is 58.0 Å². The molecule has 0 bridgehead atoms. The molecule has 1 amide bonds. The van der Waals surface area contributed by atoms with Gasteiger partial charge in [-0.05, 0) is 43.0 Å². The van der Waals surface area contributed by atoms with E-state index in [0.29, 0.717) is 36.6 Å². The maximum atomic E-state index is 12.4. The maximum absolute atomic E-state index is 12.4. The van der Waals surface area contributed by atoms with Gasteiger partial charge in [-0.3, -0.25) is 4.79 Å². The third-order valence-corrected chi connectivity index (χ3v) is 6.09. The van der Waals surface area contributed by atoms with E-state index in [-0.39, 0.29) is 17.6 Å². The number of sulfone groups is 1. The van der Waals surface area contributed by atoms with Crippen molar-refractivity contribution in [2.45, 2.75) is 17.7 Å². The van der Waals surface area contributed by atoms with Crippen LogP contribution in [-0.2, 0) is 9.84 Å². The first-order valence-electron chi connectivity index (χ1n) is 7.67. The third kappa shape index (κ3) is 3.64. The summed E-state index contributed by atoms with van der Waals surface area (Å²) >= 11 is 0. The summed E-state index contributed by atoms with van der Waals surface area (Å²) in [4.78, 5) is 14.3. The van der Waals surface area contributed by atoms with Crippen LogP contribution in [0.5, 0.6) is 0 Å². The molecule has 1 aliphatic rings. The summed E-state index contributed by atoms with van der Waals surface area (Å²) in [6.45, 7) is 1.13. The minimum absolute atomic E-state index is 0.0841. The lowest BCUT2D eigenvalue weighted by molar-refractivity contribution is 0.0666. The maximum Gasteiger partial charge on any atom is 0.289 e. The zero-order valence-electron chi connectivity index (χ0n) is 12.7. The van der Waals surface area contributed by atoms with Gasteiger partial charge >= 0.3 is 0 Å². The Morgan fingerprint density at radius 3 is 2.39 bits per heavy atom. The van der Waals surface area contributed by atoms with Crippen LogP contribution in [0.3, 0.4) is 0 Å². The molecule has 2 heterocycles. The quantitative estimate of drug-likeness (QED) is 0.862. The monoisotopic (exact) mass is 333 g/mol. The average Bonchev–Trinajstić information content (AvgIpc) is 3.10. The highest BCUT2D eigenvalue weighted by Crippen LogP contribution is 2.23. The van der Waals surface area contributed by atoms with Crippen molar-refractivity contribution in [3.63, 3.8) is 0 Å². The van der Waals surface area contributed by atoms with Crippen molar-refractivity contribution in [3.05, 3.63) is 54.5 Å². The van der Waals surface area contributed by atoms with Gasteiger partial charge in [0.1, 0.15) is 0 Å². The van der Waals surface area contributed by atoms with Crippen LogP contribution in [0.4, 0.5) is 0 Å². The van der Waals surface area contributed by atoms with Crippen molar-refractivity contribution in [2.75, 3.05) is 18.8 Å². The molecule has 1 saturated heterocycles. The van der Waals surface area contributed by atoms with Gasteiger partial charge in [0.2, 0.25) is 0 Å². The molecular weight excluding hydrogens is 314 g/mol. The van der Waals surface area contributed by atoms with Gasteiger partial charge in [0, 0.05) is 13.1 Å². The van der Waals surface area contributed by atoms with E-state index in [1.54, 1.807) is 47.4 Å². The second-order valence-corrected chi connectivity index (χ2v) is 7.84. The number of piperidine rings is 1. The highest BCUT2D eigenvalue weighted by Gasteiger charge is 2.28. The lowest BCUT2D eigenvalue weighted by atomic mass is 9.99. The normalized spacial score (nSPS) is 16.4. The molecule has 2 aromatic rings. The smallest absolute Gasteiger partial charge is 0.289 e. The molecule has 1 aliphatic heterocycles. The number of hydrogen-bond donors (Lipinski definition) is 0. The summed E-state index contributed by atoms with van der Waals surface area (Å²) in [6, 6.07) is 11.9. The van der Waals surface area contributed by atoms with Crippen molar-refractivity contribution in [3.8, 4) is 0 Å². The van der Waals surface area contributed by atoms with Gasteiger partial charge in [0.05, 0.1) is 16.9 Å². The summed E-state index contributed by atoms with van der Waals surface area (Å²) in [5, 5.41) is 0. The Balaban J connectivity index is 1.58. The van der Waals surface area contributed by atoms with E-state index < -0.39 is 9.84 Å². The van der Waals surface area contributed by atoms with Crippen LogP contribution in [-0.4, -0.2) is 38.1 Å². The molecule has 0 N–H and O–H groups in total. The van der Waals surface area contributed by atoms with Gasteiger partial charge in [-0.15, -0.1) is 0 Å². The third-order valence-electron chi connectivity index (χ3n) is 4.19. The van der Waals surface area contributed by atoms with E-state index in [1.807, 2.05) is 0 Å². The molecule has 1 aromatic heterocycles. The van der Waals surface area contributed by atoms with E-state index >= 15 is 0 Å². The van der Waals surface area contributed by atoms with E-state index in [4.69, 9.17) is 4.42 Å². The summed E-state index contributed by atoms with van der Waals surface area (Å²) in [5.74, 6) is 0.431. The molecule has 23 heavy (non-hydrogen) atoms. The number of rotatable bonds is 4. The number of amides is 1. The Labute approximate surface area is 135 Å². The van der Waals surface area contributed by atoms with Crippen molar-refractivity contribution >= 4 is 15.7 Å². The fourth-order valence-corrected chi connectivity index (χ4v) is 4.61. The largest absolute Gasteiger partial charge is 0.459 e. The van der Waals surface area contributed by atoms with E-state index in [1.165, 1.54) is 6.26 Å². The molecule has 5 nitrogen and oxygen atoms in total. The zero-order valence-corrected chi connectivity index (χ0v) is 13.5. The molecule has 6 heteroatoms. The summed E-state index contributed by atoms with van der Waals surface area (Å²) < 4.78 is 29.9. The summed E-state index contributed by atoms with van der Waals surface area (Å²) in [6.07, 6.45) is 2.86. The average molecular weight is 333 g/mol. The Morgan fingerprint density at radius 2 is 1.78 bits per heavy atom. The topological polar surface area (TPSA) is 67.6 Å². The molecule has 1 aromatic carbocycles. The first-order chi connectivity index (χ1) is 11.1. The van der Waals surface area contributed by atoms with Crippen LogP contribution in [0, 0.1) is 5.92 Å². The van der Waals surface area contributed by atoms with Gasteiger partial charge in [-0.25, -0.2) is 8.42 Å². The minimum atomic E-state index is -3.26. The summed E-state index contributed by atoms with van der Waals surface area (Å²) in [5.41, 5.74) is 0. The van der Waals surface area contributed by atoms with Crippen LogP contribution in [0.25, 0.3) is 0 Å². The van der Waals surface area contributed by atoms with Crippen molar-refractivity contribution in [1.82, 2.24) is 4.90 Å². The minimum Gasteiger partial charge on any atom is -0.459 e. The Morgan fingerprint density at radius 1 is 1.09 bits per heavy atom. The molecule has 0 atom stereocenters. The number of furan rings is 1. The predicted octanol–water partition coefficient (Wildman–Crippen LogP) is 2.61. The van der Waals surface area contributed by atoms with Gasteiger partial charge in [-0.1, -0.05) is 18.2 Å². The SMILES string of the molecule is O=C(c1ccco1)N1CCC(CS(=O)(=O)c2ccccc2)CC1. The van der Waals surface area contributed by atoms with Crippen LogP contribution < -0.4 is 0 Å². The predicted molar refractivity (Wildman–Crippen MR) is 85.8 cm³/mol. The first-order valence-corrected chi connectivity index (χ1v) is 9.32. The Kier molecular flexibility index (Phi) is 4.52. The number of carbonyl (C=O) groups excluding carboxylic acids is 1. The molecule has 0 saturated carbocycles. The Hall–Kier alpha value is -2.08. The van der Waals surface area contributed by atoms with Gasteiger partial charge in [-0.2, -0.15) is 0 Å². The molecule has 0 aliphatic carbocycles. The number of hydrogen-bond acceptors (Lipinski definition) is 4. The van der Waals surface area contributed by atoms with Crippen LogP contribution in [0.2, 0.25) is 0 Å². The number of carbonyl (C=O) groups is 1. The second-order valence-electron chi connectivity index (χ2n) is 5.81. The summed E-state index contributed by atoms with van der Waals surface area (Å²) in [7, 11) is -3.26. The van der Waals surface area contributed by atoms with E-state index in [2.05, 4.69) is 0 Å². The van der Waals surface area contributed by atoms with Gasteiger partial charge < -0.3 is 9.32 Å². The Bertz CT molecular complexity index is 745. The van der Waals surface area contributed by atoms with Crippen LogP contribution in [0.1, 0.15) is 23.4 Å². The highest BCUT2D eigenvalue weighted by atomic mass is 32.2. The van der Waals surface area contributed by atoms with Crippen molar-refractivity contribution in [2.24, 2.45) is 5.92 Å². The number of likely N-dealkylation sites (tertiary alicyclic amines) is 1. The lowest BCUT2D eigenvalue weighted by Crippen LogP contribution is -2.39. The standard InChI is InChI=1S/C17H19NO4S/c19-17(16-7-4-12-22-16)18-10-8-14(9-11-18)13-23(20,21)15-5-2-1-3-6-15/h1-7,12,14H,8-11,13H2. The molecule has 0 spiro atoms. The first kappa shape index (κ1) is 15.8. The molecule has 0 unspecified atom stereocenters. The molecule has 122 valence electrons. The molecule has 3 rings (SSSR count). The highest BCUT2D eigenvalue weighted by molar-refractivity contribution is 7.91. The molecular formula is C17H19NO4S. The van der Waals surface area contributed by atoms with E-state index in [0.717, 1.165) is 0 Å². The number of nitrogens with zero attached hydrogens (tertiary/aromatic N) is 1. The second kappa shape index (κ2) is 6.58. The van der Waals surface area contributed by atoms with E-state index in [9.17, 15) is 13.2 Å². The molecule has 1 fully saturated rings. The van der Waals surface area contributed by atoms with Gasteiger partial charge in [0.25, 0.3) is 5.91 Å². The van der Waals surface area contributed by atoms with Crippen LogP contribution >= 0.6 is 0 Å². The zero-order chi connectivity index (χ0) is 16.3.